The van der Waals surface area contributed by atoms with E-state index in [4.69, 9.17) is 0 Å². The highest BCUT2D eigenvalue weighted by Gasteiger charge is 2.24. The third-order valence-electron chi connectivity index (χ3n) is 2.96. The van der Waals surface area contributed by atoms with Gasteiger partial charge in [-0.3, -0.25) is 0 Å². The molecule has 0 aromatic rings. The van der Waals surface area contributed by atoms with Gasteiger partial charge in [0, 0.05) is 12.6 Å². The SMILES string of the molecule is CCNCCCN1CC(C)CC1C. The summed E-state index contributed by atoms with van der Waals surface area (Å²) in [4.78, 5) is 2.63. The number of hydrogen-bond donors (Lipinski definition) is 1. The molecule has 0 bridgehead atoms. The van der Waals surface area contributed by atoms with E-state index in [-0.39, 0.29) is 0 Å². The third kappa shape index (κ3) is 3.65. The van der Waals surface area contributed by atoms with Crippen molar-refractivity contribution >= 4 is 0 Å². The summed E-state index contributed by atoms with van der Waals surface area (Å²) in [6, 6.07) is 0.816. The normalized spacial score (nSPS) is 29.8. The lowest BCUT2D eigenvalue weighted by Gasteiger charge is -2.20. The second kappa shape index (κ2) is 5.61. The number of hydrogen-bond acceptors (Lipinski definition) is 2. The summed E-state index contributed by atoms with van der Waals surface area (Å²) in [7, 11) is 0. The van der Waals surface area contributed by atoms with E-state index < -0.39 is 0 Å². The quantitative estimate of drug-likeness (QED) is 0.654. The van der Waals surface area contributed by atoms with Crippen LogP contribution in [0, 0.1) is 5.92 Å². The van der Waals surface area contributed by atoms with Crippen molar-refractivity contribution in [1.29, 1.82) is 0 Å². The molecular weight excluding hydrogens is 160 g/mol. The minimum Gasteiger partial charge on any atom is -0.317 e. The Kier molecular flexibility index (Phi) is 4.74. The minimum absolute atomic E-state index is 0.816. The van der Waals surface area contributed by atoms with Gasteiger partial charge in [0.05, 0.1) is 0 Å². The zero-order valence-corrected chi connectivity index (χ0v) is 9.34. The maximum atomic E-state index is 3.37. The van der Waals surface area contributed by atoms with Crippen molar-refractivity contribution < 1.29 is 0 Å². The van der Waals surface area contributed by atoms with Crippen LogP contribution in [0.5, 0.6) is 0 Å². The van der Waals surface area contributed by atoms with E-state index in [9.17, 15) is 0 Å². The maximum Gasteiger partial charge on any atom is 0.00700 e. The lowest BCUT2D eigenvalue weighted by atomic mass is 10.1. The molecule has 0 amide bonds. The summed E-state index contributed by atoms with van der Waals surface area (Å²) in [6.07, 6.45) is 2.69. The smallest absolute Gasteiger partial charge is 0.00700 e. The molecular formula is C11H24N2. The lowest BCUT2D eigenvalue weighted by molar-refractivity contribution is 0.261. The highest BCUT2D eigenvalue weighted by molar-refractivity contribution is 4.79. The van der Waals surface area contributed by atoms with Crippen LogP contribution in [0.2, 0.25) is 0 Å². The van der Waals surface area contributed by atoms with E-state index in [1.807, 2.05) is 0 Å². The summed E-state index contributed by atoms with van der Waals surface area (Å²) in [5.41, 5.74) is 0. The van der Waals surface area contributed by atoms with Crippen molar-refractivity contribution in [3.05, 3.63) is 0 Å². The van der Waals surface area contributed by atoms with Crippen LogP contribution < -0.4 is 5.32 Å². The first-order valence-corrected chi connectivity index (χ1v) is 5.68. The van der Waals surface area contributed by atoms with Crippen molar-refractivity contribution in [2.75, 3.05) is 26.2 Å². The Morgan fingerprint density at radius 3 is 2.69 bits per heavy atom. The average Bonchev–Trinajstić information content (AvgIpc) is 2.39. The summed E-state index contributed by atoms with van der Waals surface area (Å²) < 4.78 is 0. The molecule has 1 N–H and O–H groups in total. The first kappa shape index (κ1) is 11.0. The molecule has 0 aromatic heterocycles. The molecule has 78 valence electrons. The van der Waals surface area contributed by atoms with Crippen LogP contribution in [0.15, 0.2) is 0 Å². The summed E-state index contributed by atoms with van der Waals surface area (Å²) >= 11 is 0. The molecule has 2 atom stereocenters. The first-order valence-electron chi connectivity index (χ1n) is 5.68. The van der Waals surface area contributed by atoms with Gasteiger partial charge in [0.15, 0.2) is 0 Å². The molecule has 13 heavy (non-hydrogen) atoms. The van der Waals surface area contributed by atoms with E-state index in [0.717, 1.165) is 18.5 Å². The Bertz CT molecular complexity index is 136. The fraction of sp³-hybridized carbons (Fsp3) is 1.00. The first-order chi connectivity index (χ1) is 6.24. The molecule has 1 saturated heterocycles. The fourth-order valence-corrected chi connectivity index (χ4v) is 2.28. The molecule has 2 unspecified atom stereocenters. The molecule has 1 fully saturated rings. The van der Waals surface area contributed by atoms with Gasteiger partial charge in [-0.05, 0) is 45.3 Å². The highest BCUT2D eigenvalue weighted by atomic mass is 15.2. The van der Waals surface area contributed by atoms with Gasteiger partial charge in [-0.1, -0.05) is 13.8 Å². The van der Waals surface area contributed by atoms with Gasteiger partial charge in [-0.2, -0.15) is 0 Å². The van der Waals surface area contributed by atoms with E-state index in [2.05, 4.69) is 31.0 Å². The van der Waals surface area contributed by atoms with Crippen LogP contribution in [0.4, 0.5) is 0 Å². The summed E-state index contributed by atoms with van der Waals surface area (Å²) in [6.45, 7) is 11.8. The van der Waals surface area contributed by atoms with Crippen molar-refractivity contribution in [2.45, 2.75) is 39.7 Å². The van der Waals surface area contributed by atoms with E-state index in [1.54, 1.807) is 0 Å². The van der Waals surface area contributed by atoms with Crippen LogP contribution in [0.3, 0.4) is 0 Å². The van der Waals surface area contributed by atoms with Crippen molar-refractivity contribution in [1.82, 2.24) is 10.2 Å². The predicted molar refractivity (Wildman–Crippen MR) is 58.0 cm³/mol. The van der Waals surface area contributed by atoms with E-state index in [1.165, 1.54) is 32.5 Å². The Hall–Kier alpha value is -0.0800. The maximum absolute atomic E-state index is 3.37. The van der Waals surface area contributed by atoms with Crippen LogP contribution in [-0.4, -0.2) is 37.1 Å². The summed E-state index contributed by atoms with van der Waals surface area (Å²) in [5.74, 6) is 0.911. The van der Waals surface area contributed by atoms with Crippen LogP contribution >= 0.6 is 0 Å². The van der Waals surface area contributed by atoms with Crippen molar-refractivity contribution in [2.24, 2.45) is 5.92 Å². The second-order valence-corrected chi connectivity index (χ2v) is 4.39. The van der Waals surface area contributed by atoms with E-state index >= 15 is 0 Å². The highest BCUT2D eigenvalue weighted by Crippen LogP contribution is 2.21. The third-order valence-corrected chi connectivity index (χ3v) is 2.96. The van der Waals surface area contributed by atoms with Gasteiger partial charge < -0.3 is 10.2 Å². The molecule has 0 saturated carbocycles. The number of nitrogens with one attached hydrogen (secondary N) is 1. The van der Waals surface area contributed by atoms with Crippen LogP contribution in [0.1, 0.15) is 33.6 Å². The molecule has 0 aliphatic carbocycles. The zero-order valence-electron chi connectivity index (χ0n) is 9.34. The Morgan fingerprint density at radius 2 is 2.15 bits per heavy atom. The molecule has 0 spiro atoms. The van der Waals surface area contributed by atoms with Gasteiger partial charge in [0.2, 0.25) is 0 Å². The Balaban J connectivity index is 2.07. The second-order valence-electron chi connectivity index (χ2n) is 4.39. The molecule has 0 aromatic carbocycles. The number of rotatable bonds is 5. The largest absolute Gasteiger partial charge is 0.317 e. The lowest BCUT2D eigenvalue weighted by Crippen LogP contribution is -2.30. The Morgan fingerprint density at radius 1 is 1.38 bits per heavy atom. The van der Waals surface area contributed by atoms with Gasteiger partial charge >= 0.3 is 0 Å². The van der Waals surface area contributed by atoms with Crippen LogP contribution in [-0.2, 0) is 0 Å². The summed E-state index contributed by atoms with van der Waals surface area (Å²) in [5, 5.41) is 3.37. The minimum atomic E-state index is 0.816. The van der Waals surface area contributed by atoms with Crippen molar-refractivity contribution in [3.63, 3.8) is 0 Å². The van der Waals surface area contributed by atoms with Crippen molar-refractivity contribution in [3.8, 4) is 0 Å². The molecule has 1 rings (SSSR count). The molecule has 1 heterocycles. The fourth-order valence-electron chi connectivity index (χ4n) is 2.28. The predicted octanol–water partition coefficient (Wildman–Crippen LogP) is 1.72. The topological polar surface area (TPSA) is 15.3 Å². The van der Waals surface area contributed by atoms with Gasteiger partial charge in [-0.15, -0.1) is 0 Å². The monoisotopic (exact) mass is 184 g/mol. The van der Waals surface area contributed by atoms with Gasteiger partial charge in [0.1, 0.15) is 0 Å². The van der Waals surface area contributed by atoms with Gasteiger partial charge in [-0.25, -0.2) is 0 Å². The zero-order chi connectivity index (χ0) is 9.68. The molecule has 1 aliphatic rings. The molecule has 2 heteroatoms. The van der Waals surface area contributed by atoms with E-state index in [0.29, 0.717) is 0 Å². The molecule has 1 aliphatic heterocycles. The number of likely N-dealkylation sites (tertiary alicyclic amines) is 1. The average molecular weight is 184 g/mol. The number of nitrogens with zero attached hydrogens (tertiary/aromatic N) is 1. The van der Waals surface area contributed by atoms with Crippen LogP contribution in [0.25, 0.3) is 0 Å². The molecule has 2 nitrogen and oxygen atoms in total. The van der Waals surface area contributed by atoms with Gasteiger partial charge in [0.25, 0.3) is 0 Å². The molecule has 0 radical (unpaired) electrons. The standard InChI is InChI=1S/C11H24N2/c1-4-12-6-5-7-13-9-10(2)8-11(13)3/h10-12H,4-9H2,1-3H3. The Labute approximate surface area is 82.7 Å².